The van der Waals surface area contributed by atoms with E-state index in [1.54, 1.807) is 0 Å². The molecular formula is C26H37NO3. The first-order valence-corrected chi connectivity index (χ1v) is 11.8. The lowest BCUT2D eigenvalue weighted by Crippen LogP contribution is -2.38. The predicted molar refractivity (Wildman–Crippen MR) is 123 cm³/mol. The third-order valence-electron chi connectivity index (χ3n) is 6.47. The Hall–Kier alpha value is -2.07. The number of aliphatic carboxylic acids is 1. The third-order valence-corrected chi connectivity index (χ3v) is 6.47. The highest BCUT2D eigenvalue weighted by Crippen LogP contribution is 2.35. The smallest absolute Gasteiger partial charge is 0.306 e. The van der Waals surface area contributed by atoms with E-state index in [9.17, 15) is 9.90 Å². The number of unbranched alkanes of at least 4 members (excludes halogenated alkanes) is 4. The molecule has 1 fully saturated rings. The monoisotopic (exact) mass is 411 g/mol. The summed E-state index contributed by atoms with van der Waals surface area (Å²) in [7, 11) is 0. The molecule has 1 heterocycles. The highest BCUT2D eigenvalue weighted by Gasteiger charge is 2.29. The number of carboxylic acids is 1. The van der Waals surface area contributed by atoms with E-state index >= 15 is 0 Å². The number of hydrogen-bond acceptors (Lipinski definition) is 3. The minimum Gasteiger partial charge on any atom is -0.494 e. The van der Waals surface area contributed by atoms with Crippen LogP contribution in [-0.4, -0.2) is 35.7 Å². The Bertz CT molecular complexity index is 811. The van der Waals surface area contributed by atoms with Gasteiger partial charge in [-0.05, 0) is 67.2 Å². The molecule has 1 aliphatic rings. The van der Waals surface area contributed by atoms with Crippen molar-refractivity contribution in [2.75, 3.05) is 19.7 Å². The summed E-state index contributed by atoms with van der Waals surface area (Å²) in [5.41, 5.74) is 1.33. The Morgan fingerprint density at radius 3 is 2.57 bits per heavy atom. The Kier molecular flexibility index (Phi) is 8.56. The summed E-state index contributed by atoms with van der Waals surface area (Å²) in [5, 5.41) is 11.8. The lowest BCUT2D eigenvalue weighted by molar-refractivity contribution is -0.143. The van der Waals surface area contributed by atoms with Crippen molar-refractivity contribution in [3.63, 3.8) is 0 Å². The van der Waals surface area contributed by atoms with Crippen molar-refractivity contribution in [3.05, 3.63) is 42.0 Å². The van der Waals surface area contributed by atoms with Gasteiger partial charge in [0.25, 0.3) is 0 Å². The average Bonchev–Trinajstić information content (AvgIpc) is 2.77. The number of fused-ring (bicyclic) bond motifs is 1. The number of piperidine rings is 1. The van der Waals surface area contributed by atoms with Crippen LogP contribution >= 0.6 is 0 Å². The Labute approximate surface area is 181 Å². The fourth-order valence-corrected chi connectivity index (χ4v) is 4.68. The van der Waals surface area contributed by atoms with E-state index in [1.165, 1.54) is 42.0 Å². The zero-order chi connectivity index (χ0) is 21.3. The molecule has 4 heteroatoms. The van der Waals surface area contributed by atoms with Crippen LogP contribution in [-0.2, 0) is 4.79 Å². The van der Waals surface area contributed by atoms with E-state index in [1.807, 2.05) is 0 Å². The van der Waals surface area contributed by atoms with Crippen LogP contribution in [0.3, 0.4) is 0 Å². The van der Waals surface area contributed by atoms with Gasteiger partial charge in [-0.2, -0.15) is 0 Å². The Morgan fingerprint density at radius 2 is 1.87 bits per heavy atom. The molecule has 0 aromatic heterocycles. The van der Waals surface area contributed by atoms with Crippen LogP contribution in [0.15, 0.2) is 36.4 Å². The molecule has 4 nitrogen and oxygen atoms in total. The molecule has 1 N–H and O–H groups in total. The number of nitrogens with zero attached hydrogens (tertiary/aromatic N) is 1. The van der Waals surface area contributed by atoms with Crippen LogP contribution in [0.4, 0.5) is 0 Å². The summed E-state index contributed by atoms with van der Waals surface area (Å²) < 4.78 is 6.07. The van der Waals surface area contributed by atoms with Crippen molar-refractivity contribution in [1.29, 1.82) is 0 Å². The van der Waals surface area contributed by atoms with Crippen LogP contribution in [0.1, 0.15) is 76.8 Å². The molecule has 30 heavy (non-hydrogen) atoms. The van der Waals surface area contributed by atoms with E-state index < -0.39 is 5.97 Å². The highest BCUT2D eigenvalue weighted by molar-refractivity contribution is 5.87. The Morgan fingerprint density at radius 1 is 1.10 bits per heavy atom. The number of rotatable bonds is 11. The fourth-order valence-electron chi connectivity index (χ4n) is 4.68. The maximum Gasteiger partial charge on any atom is 0.306 e. The van der Waals surface area contributed by atoms with Crippen molar-refractivity contribution in [2.45, 2.75) is 71.3 Å². The van der Waals surface area contributed by atoms with Gasteiger partial charge in [0.2, 0.25) is 0 Å². The van der Waals surface area contributed by atoms with Gasteiger partial charge in [-0.3, -0.25) is 9.69 Å². The summed E-state index contributed by atoms with van der Waals surface area (Å²) >= 11 is 0. The van der Waals surface area contributed by atoms with Crippen molar-refractivity contribution in [1.82, 2.24) is 4.90 Å². The zero-order valence-corrected chi connectivity index (χ0v) is 18.6. The minimum absolute atomic E-state index is 0.191. The average molecular weight is 412 g/mol. The Balaban J connectivity index is 1.71. The van der Waals surface area contributed by atoms with Crippen molar-refractivity contribution < 1.29 is 14.6 Å². The second kappa shape index (κ2) is 11.4. The number of likely N-dealkylation sites (tertiary alicyclic amines) is 1. The maximum atomic E-state index is 11.3. The number of benzene rings is 2. The largest absolute Gasteiger partial charge is 0.494 e. The van der Waals surface area contributed by atoms with Crippen molar-refractivity contribution in [2.24, 2.45) is 5.92 Å². The molecule has 0 amide bonds. The minimum atomic E-state index is -0.649. The predicted octanol–water partition coefficient (Wildman–Crippen LogP) is 6.44. The molecule has 2 aromatic carbocycles. The molecule has 0 radical (unpaired) electrons. The van der Waals surface area contributed by atoms with Gasteiger partial charge < -0.3 is 9.84 Å². The van der Waals surface area contributed by atoms with E-state index in [2.05, 4.69) is 55.1 Å². The SMILES string of the molecule is CCCCCCCOc1ccc2cccc(C(CC)N3CCC(C(=O)O)CC3)c2c1. The number of carbonyl (C=O) groups is 1. The first-order valence-electron chi connectivity index (χ1n) is 11.8. The normalized spacial score (nSPS) is 16.6. The van der Waals surface area contributed by atoms with Gasteiger partial charge in [0.1, 0.15) is 5.75 Å². The summed E-state index contributed by atoms with van der Waals surface area (Å²) in [6.07, 6.45) is 8.69. The van der Waals surface area contributed by atoms with Gasteiger partial charge in [-0.25, -0.2) is 0 Å². The van der Waals surface area contributed by atoms with Gasteiger partial charge in [-0.15, -0.1) is 0 Å². The summed E-state index contributed by atoms with van der Waals surface area (Å²) in [5.74, 6) is 0.109. The number of carboxylic acid groups (broad SMARTS) is 1. The molecule has 164 valence electrons. The molecule has 0 spiro atoms. The molecule has 1 saturated heterocycles. The zero-order valence-electron chi connectivity index (χ0n) is 18.6. The summed E-state index contributed by atoms with van der Waals surface area (Å²) in [6.45, 7) is 6.93. The van der Waals surface area contributed by atoms with Crippen molar-refractivity contribution >= 4 is 16.7 Å². The second-order valence-corrected chi connectivity index (χ2v) is 8.57. The maximum absolute atomic E-state index is 11.3. The quantitative estimate of drug-likeness (QED) is 0.432. The summed E-state index contributed by atoms with van der Waals surface area (Å²) in [6, 6.07) is 13.3. The van der Waals surface area contributed by atoms with Crippen LogP contribution in [0.2, 0.25) is 0 Å². The first-order chi connectivity index (χ1) is 14.6. The molecule has 1 unspecified atom stereocenters. The molecule has 0 aliphatic carbocycles. The van der Waals surface area contributed by atoms with Crippen LogP contribution < -0.4 is 4.74 Å². The molecule has 1 aliphatic heterocycles. The molecule has 3 rings (SSSR count). The molecule has 1 atom stereocenters. The van der Waals surface area contributed by atoms with Gasteiger partial charge >= 0.3 is 5.97 Å². The molecule has 0 bridgehead atoms. The van der Waals surface area contributed by atoms with Gasteiger partial charge in [0.15, 0.2) is 0 Å². The van der Waals surface area contributed by atoms with Crippen molar-refractivity contribution in [3.8, 4) is 5.75 Å². The lowest BCUT2D eigenvalue weighted by Gasteiger charge is -2.37. The van der Waals surface area contributed by atoms with Gasteiger partial charge in [0.05, 0.1) is 12.5 Å². The van der Waals surface area contributed by atoms with E-state index in [0.717, 1.165) is 51.1 Å². The third kappa shape index (κ3) is 5.75. The summed E-state index contributed by atoms with van der Waals surface area (Å²) in [4.78, 5) is 13.8. The van der Waals surface area contributed by atoms with Gasteiger partial charge in [0, 0.05) is 6.04 Å². The molecular weight excluding hydrogens is 374 g/mol. The van der Waals surface area contributed by atoms with Crippen LogP contribution in [0.5, 0.6) is 5.75 Å². The first kappa shape index (κ1) is 22.6. The highest BCUT2D eigenvalue weighted by atomic mass is 16.5. The standard InChI is InChI=1S/C26H37NO3/c1-3-5-6-7-8-18-30-22-13-12-20-10-9-11-23(24(20)19-22)25(4-2)27-16-14-21(15-17-27)26(28)29/h9-13,19,21,25H,3-8,14-18H2,1-2H3,(H,28,29). The number of hydrogen-bond donors (Lipinski definition) is 1. The fraction of sp³-hybridized carbons (Fsp3) is 0.577. The topological polar surface area (TPSA) is 49.8 Å². The molecule has 2 aromatic rings. The van der Waals surface area contributed by atoms with Crippen LogP contribution in [0.25, 0.3) is 10.8 Å². The lowest BCUT2D eigenvalue weighted by atomic mass is 9.91. The van der Waals surface area contributed by atoms with Crippen LogP contribution in [0, 0.1) is 5.92 Å². The van der Waals surface area contributed by atoms with E-state index in [4.69, 9.17) is 4.74 Å². The van der Waals surface area contributed by atoms with Gasteiger partial charge in [-0.1, -0.05) is 63.8 Å². The van der Waals surface area contributed by atoms with E-state index in [0.29, 0.717) is 6.04 Å². The number of ether oxygens (including phenoxy) is 1. The molecule has 0 saturated carbocycles. The van der Waals surface area contributed by atoms with E-state index in [-0.39, 0.29) is 5.92 Å². The second-order valence-electron chi connectivity index (χ2n) is 8.57.